The molecule has 0 heterocycles. The highest BCUT2D eigenvalue weighted by molar-refractivity contribution is 6.36. The van der Waals surface area contributed by atoms with Crippen LogP contribution in [0.5, 0.6) is 0 Å². The smallest absolute Gasteiger partial charge is 0.253 e. The maximum atomic E-state index is 13.1. The molecule has 3 rings (SSSR count). The van der Waals surface area contributed by atoms with Crippen LogP contribution >= 0.6 is 23.2 Å². The lowest BCUT2D eigenvalue weighted by Crippen LogP contribution is -2.37. The van der Waals surface area contributed by atoms with E-state index in [0.717, 1.165) is 16.8 Å². The van der Waals surface area contributed by atoms with Crippen LogP contribution in [0.1, 0.15) is 33.1 Å². The Kier molecular flexibility index (Phi) is 6.57. The number of hydrogen-bond donors (Lipinski definition) is 2. The van der Waals surface area contributed by atoms with E-state index in [9.17, 15) is 9.59 Å². The summed E-state index contributed by atoms with van der Waals surface area (Å²) in [5.74, 6) is -0.802. The molecule has 0 aliphatic heterocycles. The van der Waals surface area contributed by atoms with E-state index < -0.39 is 11.9 Å². The van der Waals surface area contributed by atoms with Gasteiger partial charge < -0.3 is 10.6 Å². The topological polar surface area (TPSA) is 58.2 Å². The number of carbonyl (C=O) groups is 2. The lowest BCUT2D eigenvalue weighted by molar-refractivity contribution is -0.118. The van der Waals surface area contributed by atoms with E-state index in [-0.39, 0.29) is 16.5 Å². The van der Waals surface area contributed by atoms with Crippen LogP contribution in [0.2, 0.25) is 10.0 Å². The first kappa shape index (κ1) is 20.9. The molecule has 0 saturated heterocycles. The number of hydrogen-bond acceptors (Lipinski definition) is 2. The van der Waals surface area contributed by atoms with Crippen molar-refractivity contribution in [1.82, 2.24) is 5.32 Å². The highest BCUT2D eigenvalue weighted by atomic mass is 35.5. The standard InChI is InChI=1S/C23H20Cl2N2O2/c1-14-7-6-8-15(2)20(14)26-23(29)21(16-9-4-3-5-10-16)27-22(28)18-12-11-17(24)13-19(18)25/h3-13,21H,1-2H3,(H,26,29)(H,27,28). The molecule has 4 nitrogen and oxygen atoms in total. The number of benzene rings is 3. The maximum Gasteiger partial charge on any atom is 0.253 e. The van der Waals surface area contributed by atoms with E-state index in [4.69, 9.17) is 23.2 Å². The van der Waals surface area contributed by atoms with Crippen molar-refractivity contribution in [2.75, 3.05) is 5.32 Å². The van der Waals surface area contributed by atoms with Crippen LogP contribution in [-0.4, -0.2) is 11.8 Å². The van der Waals surface area contributed by atoms with Gasteiger partial charge in [-0.1, -0.05) is 71.7 Å². The SMILES string of the molecule is Cc1cccc(C)c1NC(=O)C(NC(=O)c1ccc(Cl)cc1Cl)c1ccccc1. The molecule has 0 bridgehead atoms. The van der Waals surface area contributed by atoms with Crippen molar-refractivity contribution in [2.24, 2.45) is 0 Å². The Labute approximate surface area is 179 Å². The molecule has 0 radical (unpaired) electrons. The number of carbonyl (C=O) groups excluding carboxylic acids is 2. The molecule has 0 spiro atoms. The molecular weight excluding hydrogens is 407 g/mol. The van der Waals surface area contributed by atoms with Gasteiger partial charge in [0.25, 0.3) is 11.8 Å². The predicted octanol–water partition coefficient (Wildman–Crippen LogP) is 5.72. The van der Waals surface area contributed by atoms with Crippen molar-refractivity contribution in [2.45, 2.75) is 19.9 Å². The van der Waals surface area contributed by atoms with Crippen molar-refractivity contribution < 1.29 is 9.59 Å². The van der Waals surface area contributed by atoms with Gasteiger partial charge in [-0.15, -0.1) is 0 Å². The molecule has 0 aliphatic rings. The molecule has 29 heavy (non-hydrogen) atoms. The first-order valence-electron chi connectivity index (χ1n) is 9.04. The van der Waals surface area contributed by atoms with Crippen LogP contribution in [0, 0.1) is 13.8 Å². The summed E-state index contributed by atoms with van der Waals surface area (Å²) in [4.78, 5) is 26.0. The number of nitrogens with one attached hydrogen (secondary N) is 2. The molecule has 3 aromatic rings. The zero-order valence-corrected chi connectivity index (χ0v) is 17.5. The van der Waals surface area contributed by atoms with Gasteiger partial charge in [0.05, 0.1) is 10.6 Å². The van der Waals surface area contributed by atoms with E-state index in [0.29, 0.717) is 10.6 Å². The summed E-state index contributed by atoms with van der Waals surface area (Å²) in [6.45, 7) is 3.85. The number of rotatable bonds is 5. The van der Waals surface area contributed by atoms with Gasteiger partial charge in [0.1, 0.15) is 6.04 Å². The molecule has 3 aromatic carbocycles. The average molecular weight is 427 g/mol. The number of anilines is 1. The average Bonchev–Trinajstić information content (AvgIpc) is 2.69. The van der Waals surface area contributed by atoms with Crippen molar-refractivity contribution in [3.8, 4) is 0 Å². The second-order valence-electron chi connectivity index (χ2n) is 6.70. The van der Waals surface area contributed by atoms with Crippen LogP contribution in [0.15, 0.2) is 66.7 Å². The van der Waals surface area contributed by atoms with E-state index in [1.54, 1.807) is 18.2 Å². The largest absolute Gasteiger partial charge is 0.336 e. The highest BCUT2D eigenvalue weighted by Crippen LogP contribution is 2.24. The van der Waals surface area contributed by atoms with Gasteiger partial charge in [-0.25, -0.2) is 0 Å². The van der Waals surface area contributed by atoms with E-state index in [2.05, 4.69) is 10.6 Å². The minimum atomic E-state index is -0.894. The number of para-hydroxylation sites is 1. The maximum absolute atomic E-state index is 13.1. The Bertz CT molecular complexity index is 1030. The zero-order chi connectivity index (χ0) is 21.0. The number of amides is 2. The molecule has 6 heteroatoms. The fourth-order valence-electron chi connectivity index (χ4n) is 3.04. The van der Waals surface area contributed by atoms with E-state index >= 15 is 0 Å². The Morgan fingerprint density at radius 1 is 0.862 bits per heavy atom. The van der Waals surface area contributed by atoms with Crippen molar-refractivity contribution in [3.05, 3.63) is 99.0 Å². The first-order chi connectivity index (χ1) is 13.9. The molecule has 0 aliphatic carbocycles. The van der Waals surface area contributed by atoms with Crippen LogP contribution < -0.4 is 10.6 Å². The van der Waals surface area contributed by atoms with Gasteiger partial charge >= 0.3 is 0 Å². The summed E-state index contributed by atoms with van der Waals surface area (Å²) in [6, 6.07) is 18.5. The minimum Gasteiger partial charge on any atom is -0.336 e. The highest BCUT2D eigenvalue weighted by Gasteiger charge is 2.25. The Hall–Kier alpha value is -2.82. The fraction of sp³-hybridized carbons (Fsp3) is 0.130. The summed E-state index contributed by atoms with van der Waals surface area (Å²) in [7, 11) is 0. The first-order valence-corrected chi connectivity index (χ1v) is 9.80. The molecular formula is C23H20Cl2N2O2. The molecule has 2 N–H and O–H groups in total. The van der Waals surface area contributed by atoms with Gasteiger partial charge in [0, 0.05) is 10.7 Å². The van der Waals surface area contributed by atoms with Gasteiger partial charge in [0.2, 0.25) is 0 Å². The Morgan fingerprint density at radius 2 is 1.52 bits per heavy atom. The summed E-state index contributed by atoms with van der Waals surface area (Å²) < 4.78 is 0. The van der Waals surface area contributed by atoms with E-state index in [1.165, 1.54) is 12.1 Å². The van der Waals surface area contributed by atoms with Gasteiger partial charge in [-0.05, 0) is 48.7 Å². The number of aryl methyl sites for hydroxylation is 2. The third-order valence-corrected chi connectivity index (χ3v) is 5.12. The molecule has 0 fully saturated rings. The predicted molar refractivity (Wildman–Crippen MR) is 118 cm³/mol. The minimum absolute atomic E-state index is 0.219. The summed E-state index contributed by atoms with van der Waals surface area (Å²) in [6.07, 6.45) is 0. The third-order valence-electron chi connectivity index (χ3n) is 4.58. The Balaban J connectivity index is 1.91. The van der Waals surface area contributed by atoms with Crippen molar-refractivity contribution in [1.29, 1.82) is 0 Å². The molecule has 2 amide bonds. The third kappa shape index (κ3) is 4.97. The van der Waals surface area contributed by atoms with Crippen LogP contribution in [0.3, 0.4) is 0 Å². The fourth-order valence-corrected chi connectivity index (χ4v) is 3.53. The van der Waals surface area contributed by atoms with Crippen molar-refractivity contribution >= 4 is 40.7 Å². The summed E-state index contributed by atoms with van der Waals surface area (Å²) >= 11 is 12.1. The second kappa shape index (κ2) is 9.12. The Morgan fingerprint density at radius 3 is 2.14 bits per heavy atom. The normalized spacial score (nSPS) is 11.6. The molecule has 0 saturated carbocycles. The monoisotopic (exact) mass is 426 g/mol. The van der Waals surface area contributed by atoms with Crippen LogP contribution in [0.4, 0.5) is 5.69 Å². The summed E-state index contributed by atoms with van der Waals surface area (Å²) in [5.41, 5.74) is 3.53. The van der Waals surface area contributed by atoms with Gasteiger partial charge in [-0.2, -0.15) is 0 Å². The van der Waals surface area contributed by atoms with Gasteiger partial charge in [0.15, 0.2) is 0 Å². The lowest BCUT2D eigenvalue weighted by Gasteiger charge is -2.21. The van der Waals surface area contributed by atoms with Gasteiger partial charge in [-0.3, -0.25) is 9.59 Å². The molecule has 1 atom stereocenters. The van der Waals surface area contributed by atoms with Crippen LogP contribution in [0.25, 0.3) is 0 Å². The molecule has 0 aromatic heterocycles. The second-order valence-corrected chi connectivity index (χ2v) is 7.54. The zero-order valence-electron chi connectivity index (χ0n) is 16.0. The van der Waals surface area contributed by atoms with Crippen molar-refractivity contribution in [3.63, 3.8) is 0 Å². The molecule has 1 unspecified atom stereocenters. The molecule has 148 valence electrons. The van der Waals surface area contributed by atoms with E-state index in [1.807, 2.05) is 50.2 Å². The number of halogens is 2. The summed E-state index contributed by atoms with van der Waals surface area (Å²) in [5, 5.41) is 6.39. The quantitative estimate of drug-likeness (QED) is 0.547. The lowest BCUT2D eigenvalue weighted by atomic mass is 10.0. The van der Waals surface area contributed by atoms with Crippen LogP contribution in [-0.2, 0) is 4.79 Å².